The highest BCUT2D eigenvalue weighted by Crippen LogP contribution is 2.47. The van der Waals surface area contributed by atoms with E-state index in [1.165, 1.54) is 44.2 Å². The van der Waals surface area contributed by atoms with Crippen LogP contribution in [0.25, 0.3) is 0 Å². The lowest BCUT2D eigenvalue weighted by atomic mass is 9.63. The van der Waals surface area contributed by atoms with Crippen LogP contribution in [0, 0.1) is 11.8 Å². The Morgan fingerprint density at radius 2 is 1.14 bits per heavy atom. The molecular weight excluding hydrogens is 787 g/mol. The van der Waals surface area contributed by atoms with Gasteiger partial charge in [-0.05, 0) is 118 Å². The molecule has 4 fully saturated rings. The number of carbonyl (C=O) groups is 1. The van der Waals surface area contributed by atoms with Crippen molar-refractivity contribution in [3.05, 3.63) is 106 Å². The van der Waals surface area contributed by atoms with E-state index in [0.29, 0.717) is 35.7 Å². The molecule has 0 aromatic heterocycles. The van der Waals surface area contributed by atoms with E-state index in [2.05, 4.69) is 21.9 Å². The molecule has 6 aliphatic rings. The zero-order chi connectivity index (χ0) is 40.2. The Hall–Kier alpha value is -4.31. The summed E-state index contributed by atoms with van der Waals surface area (Å²) in [6.45, 7) is 6.93. The van der Waals surface area contributed by atoms with Crippen molar-refractivity contribution in [2.24, 2.45) is 11.8 Å². The molecule has 2 saturated heterocycles. The van der Waals surface area contributed by atoms with Crippen LogP contribution >= 0.6 is 23.2 Å². The van der Waals surface area contributed by atoms with Crippen molar-refractivity contribution in [2.45, 2.75) is 75.0 Å². The molecule has 0 bridgehead atoms. The van der Waals surface area contributed by atoms with Gasteiger partial charge in [0, 0.05) is 65.6 Å². The molecule has 4 aliphatic heterocycles. The fraction of sp³-hybridized carbons (Fsp3) is 0.479. The highest BCUT2D eigenvalue weighted by atomic mass is 35.5. The maximum Gasteiger partial charge on any atom is 0.233 e. The number of hydrogen-bond donors (Lipinski definition) is 0. The molecule has 11 heteroatoms. The predicted molar refractivity (Wildman–Crippen MR) is 229 cm³/mol. The highest BCUT2D eigenvalue weighted by Gasteiger charge is 2.48. The summed E-state index contributed by atoms with van der Waals surface area (Å²) in [5.41, 5.74) is 2.49. The number of hydrogen-bond acceptors (Lipinski definition) is 8. The molecule has 0 N–H and O–H groups in total. The Bertz CT molecular complexity index is 2070. The van der Waals surface area contributed by atoms with Gasteiger partial charge in [-0.25, -0.2) is 0 Å². The van der Waals surface area contributed by atoms with E-state index in [1.54, 1.807) is 0 Å². The van der Waals surface area contributed by atoms with Crippen LogP contribution in [0.3, 0.4) is 0 Å². The first-order valence-corrected chi connectivity index (χ1v) is 22.2. The lowest BCUT2D eigenvalue weighted by Crippen LogP contribution is -2.54. The molecule has 59 heavy (non-hydrogen) atoms. The van der Waals surface area contributed by atoms with E-state index >= 15 is 0 Å². The zero-order valence-corrected chi connectivity index (χ0v) is 35.2. The molecule has 2 unspecified atom stereocenters. The summed E-state index contributed by atoms with van der Waals surface area (Å²) < 4.78 is 33.7. The maximum absolute atomic E-state index is 13.6. The Morgan fingerprint density at radius 1 is 0.610 bits per heavy atom. The van der Waals surface area contributed by atoms with E-state index in [1.807, 2.05) is 72.8 Å². The Labute approximate surface area is 357 Å². The molecule has 2 atom stereocenters. The van der Waals surface area contributed by atoms with Crippen molar-refractivity contribution in [2.75, 3.05) is 59.5 Å². The van der Waals surface area contributed by atoms with Gasteiger partial charge in [-0.3, -0.25) is 4.79 Å². The molecule has 4 aromatic carbocycles. The topological polar surface area (TPSA) is 78.9 Å². The summed E-state index contributed by atoms with van der Waals surface area (Å²) >= 11 is 12.2. The maximum atomic E-state index is 13.6. The van der Waals surface area contributed by atoms with Gasteiger partial charge in [0.25, 0.3) is 0 Å². The Morgan fingerprint density at radius 3 is 1.68 bits per heavy atom. The van der Waals surface area contributed by atoms with Crippen molar-refractivity contribution >= 4 is 29.1 Å². The van der Waals surface area contributed by atoms with Gasteiger partial charge in [-0.15, -0.1) is 0 Å². The number of piperidine rings is 2. The molecular formula is C48H54Cl2N2O7. The lowest BCUT2D eigenvalue weighted by Gasteiger charge is -2.47. The first-order valence-electron chi connectivity index (χ1n) is 21.4. The molecule has 9 nitrogen and oxygen atoms in total. The molecule has 4 heterocycles. The summed E-state index contributed by atoms with van der Waals surface area (Å²) in [6, 6.07) is 27.8. The number of fused-ring (bicyclic) bond motifs is 2. The highest BCUT2D eigenvalue weighted by molar-refractivity contribution is 6.30. The van der Waals surface area contributed by atoms with Crippen LogP contribution in [0.5, 0.6) is 34.5 Å². The summed E-state index contributed by atoms with van der Waals surface area (Å²) in [5, 5.41) is 1.53. The molecule has 2 saturated carbocycles. The normalized spacial score (nSPS) is 22.3. The van der Waals surface area contributed by atoms with Crippen molar-refractivity contribution in [1.82, 2.24) is 9.80 Å². The Kier molecular flexibility index (Phi) is 12.1. The van der Waals surface area contributed by atoms with Crippen LogP contribution in [0.4, 0.5) is 0 Å². The third-order valence-electron chi connectivity index (χ3n) is 13.4. The number of carbonyl (C=O) groups excluding carboxylic acids is 1. The summed E-state index contributed by atoms with van der Waals surface area (Å²) in [6.07, 6.45) is 11.4. The number of nitrogens with zero attached hydrogens (tertiary/aromatic N) is 2. The minimum absolute atomic E-state index is 0.258. The number of halogens is 2. The van der Waals surface area contributed by atoms with Gasteiger partial charge in [0.1, 0.15) is 11.5 Å². The van der Waals surface area contributed by atoms with Gasteiger partial charge in [-0.2, -0.15) is 0 Å². The quantitative estimate of drug-likeness (QED) is 0.148. The lowest BCUT2D eigenvalue weighted by molar-refractivity contribution is -0.143. The SMILES string of the molecule is Clc1ccc(C2(CN3CCCC(COc4ccc5c(c4)OCO5)C3)CCC2)cc1.O=C(N1CCCC(COc2ccc3c(c2)OCO3)C1)C1(c2ccc(Cl)cc2)CCC1. The number of likely N-dealkylation sites (tertiary alicyclic amines) is 2. The van der Waals surface area contributed by atoms with E-state index in [4.69, 9.17) is 51.6 Å². The summed E-state index contributed by atoms with van der Waals surface area (Å²) in [5.74, 6) is 5.86. The second-order valence-corrected chi connectivity index (χ2v) is 18.1. The fourth-order valence-corrected chi connectivity index (χ4v) is 10.0. The van der Waals surface area contributed by atoms with E-state index in [-0.39, 0.29) is 18.1 Å². The number of benzene rings is 4. The van der Waals surface area contributed by atoms with Crippen LogP contribution in [-0.2, 0) is 15.6 Å². The summed E-state index contributed by atoms with van der Waals surface area (Å²) in [4.78, 5) is 18.3. The molecule has 1 amide bonds. The second kappa shape index (κ2) is 17.7. The van der Waals surface area contributed by atoms with E-state index < -0.39 is 0 Å². The molecule has 10 rings (SSSR count). The number of rotatable bonds is 11. The second-order valence-electron chi connectivity index (χ2n) is 17.2. The van der Waals surface area contributed by atoms with Crippen LogP contribution in [0.15, 0.2) is 84.9 Å². The van der Waals surface area contributed by atoms with Gasteiger partial charge in [0.15, 0.2) is 23.0 Å². The number of amides is 1. The van der Waals surface area contributed by atoms with Crippen molar-refractivity contribution < 1.29 is 33.2 Å². The first-order chi connectivity index (χ1) is 28.8. The monoisotopic (exact) mass is 840 g/mol. The van der Waals surface area contributed by atoms with Crippen molar-refractivity contribution in [3.63, 3.8) is 0 Å². The molecule has 0 radical (unpaired) electrons. The fourth-order valence-electron chi connectivity index (χ4n) is 9.78. The standard InChI is InChI=1S/C24H26ClNO4.C24H28ClNO3/c25-19-6-4-18(5-7-19)24(10-2-11-24)23(27)26-12-1-3-17(14-26)15-28-20-8-9-21-22(13-20)30-16-29-21;25-20-6-4-19(5-7-20)24(10-2-11-24)16-26-12-1-3-18(14-26)15-27-21-8-9-22-23(13-21)29-17-28-22/h4-9,13,17H,1-3,10-12,14-16H2;4-9,13,18H,1-3,10-12,14-17H2. The van der Waals surface area contributed by atoms with Gasteiger partial charge in [0.05, 0.1) is 18.6 Å². The Balaban J connectivity index is 0.000000152. The minimum atomic E-state index is -0.370. The van der Waals surface area contributed by atoms with Crippen LogP contribution in [0.1, 0.15) is 75.3 Å². The number of ether oxygens (including phenoxy) is 6. The van der Waals surface area contributed by atoms with E-state index in [0.717, 1.165) is 110 Å². The van der Waals surface area contributed by atoms with Crippen LogP contribution in [-0.4, -0.2) is 75.2 Å². The average molecular weight is 842 g/mol. The third kappa shape index (κ3) is 8.94. The third-order valence-corrected chi connectivity index (χ3v) is 13.9. The van der Waals surface area contributed by atoms with E-state index in [9.17, 15) is 4.79 Å². The van der Waals surface area contributed by atoms with Gasteiger partial charge < -0.3 is 38.2 Å². The molecule has 0 spiro atoms. The smallest absolute Gasteiger partial charge is 0.233 e. The molecule has 2 aliphatic carbocycles. The first kappa shape index (κ1) is 40.1. The average Bonchev–Trinajstić information content (AvgIpc) is 3.91. The van der Waals surface area contributed by atoms with Crippen LogP contribution in [0.2, 0.25) is 10.0 Å². The van der Waals surface area contributed by atoms with Gasteiger partial charge >= 0.3 is 0 Å². The van der Waals surface area contributed by atoms with Crippen molar-refractivity contribution in [1.29, 1.82) is 0 Å². The van der Waals surface area contributed by atoms with Gasteiger partial charge in [-0.1, -0.05) is 60.3 Å². The van der Waals surface area contributed by atoms with Crippen LogP contribution < -0.4 is 28.4 Å². The zero-order valence-electron chi connectivity index (χ0n) is 33.7. The largest absolute Gasteiger partial charge is 0.493 e. The minimum Gasteiger partial charge on any atom is -0.493 e. The predicted octanol–water partition coefficient (Wildman–Crippen LogP) is 10.1. The summed E-state index contributed by atoms with van der Waals surface area (Å²) in [7, 11) is 0. The molecule has 312 valence electrons. The molecule has 4 aromatic rings. The van der Waals surface area contributed by atoms with Crippen molar-refractivity contribution in [3.8, 4) is 34.5 Å². The van der Waals surface area contributed by atoms with Gasteiger partial charge in [0.2, 0.25) is 19.5 Å².